The lowest BCUT2D eigenvalue weighted by Crippen LogP contribution is -2.10. The number of benzene rings is 2. The second-order valence-electron chi connectivity index (χ2n) is 5.41. The first kappa shape index (κ1) is 11.5. The minimum absolute atomic E-state index is 1.14. The van der Waals surface area contributed by atoms with Crippen LogP contribution in [0.1, 0.15) is 28.7 Å². The minimum Gasteiger partial charge on any atom is -0.0620 e. The first-order chi connectivity index (χ1) is 9.33. The molecule has 2 aliphatic carbocycles. The highest BCUT2D eigenvalue weighted by Crippen LogP contribution is 2.39. The predicted octanol–water partition coefficient (Wildman–Crippen LogP) is 5.13. The van der Waals surface area contributed by atoms with E-state index in [4.69, 9.17) is 0 Å². The summed E-state index contributed by atoms with van der Waals surface area (Å²) in [5, 5.41) is 0. The Morgan fingerprint density at radius 3 is 2.53 bits per heavy atom. The maximum Gasteiger partial charge on any atom is -0.00400 e. The van der Waals surface area contributed by atoms with Crippen LogP contribution >= 0.6 is 15.9 Å². The molecule has 0 bridgehead atoms. The van der Waals surface area contributed by atoms with Crippen molar-refractivity contribution in [2.24, 2.45) is 0 Å². The number of fused-ring (bicyclic) bond motifs is 5. The van der Waals surface area contributed by atoms with Crippen LogP contribution in [-0.2, 0) is 19.3 Å². The molecule has 1 heteroatoms. The average molecular weight is 311 g/mol. The normalized spacial score (nSPS) is 16.2. The number of rotatable bonds is 0. The van der Waals surface area contributed by atoms with Crippen LogP contribution in [0.15, 0.2) is 40.9 Å². The molecule has 0 aromatic heterocycles. The molecule has 0 spiro atoms. The molecule has 0 unspecified atom stereocenters. The molecular weight excluding hydrogens is 296 g/mol. The molecule has 2 aromatic carbocycles. The van der Waals surface area contributed by atoms with Crippen LogP contribution < -0.4 is 0 Å². The quantitative estimate of drug-likeness (QED) is 0.632. The third-order valence-corrected chi connectivity index (χ3v) is 4.97. The molecule has 0 radical (unpaired) electrons. The van der Waals surface area contributed by atoms with E-state index in [0.717, 1.165) is 6.42 Å². The lowest BCUT2D eigenvalue weighted by atomic mass is 9.80. The molecule has 0 N–H and O–H groups in total. The van der Waals surface area contributed by atoms with Crippen molar-refractivity contribution in [3.8, 4) is 11.1 Å². The van der Waals surface area contributed by atoms with Gasteiger partial charge in [0.25, 0.3) is 0 Å². The van der Waals surface area contributed by atoms with E-state index in [1.165, 1.54) is 46.0 Å². The third-order valence-electron chi connectivity index (χ3n) is 4.35. The van der Waals surface area contributed by atoms with Gasteiger partial charge in [-0.1, -0.05) is 52.3 Å². The van der Waals surface area contributed by atoms with Gasteiger partial charge >= 0.3 is 0 Å². The SMILES string of the molecule is BrC1=Cc2ccc3c(c2CC1)CCc1ccccc1-3. The van der Waals surface area contributed by atoms with Gasteiger partial charge in [-0.05, 0) is 69.6 Å². The van der Waals surface area contributed by atoms with Crippen LogP contribution in [0.25, 0.3) is 17.2 Å². The molecule has 0 nitrogen and oxygen atoms in total. The highest BCUT2D eigenvalue weighted by molar-refractivity contribution is 9.11. The first-order valence-corrected chi connectivity index (χ1v) is 7.71. The summed E-state index contributed by atoms with van der Waals surface area (Å²) in [6.07, 6.45) is 6.99. The number of aryl methyl sites for hydroxylation is 1. The molecule has 0 aliphatic heterocycles. The van der Waals surface area contributed by atoms with Crippen molar-refractivity contribution < 1.29 is 0 Å². The number of hydrogen-bond donors (Lipinski definition) is 0. The van der Waals surface area contributed by atoms with Gasteiger partial charge in [-0.2, -0.15) is 0 Å². The molecule has 2 aromatic rings. The maximum atomic E-state index is 3.64. The molecule has 19 heavy (non-hydrogen) atoms. The van der Waals surface area contributed by atoms with Gasteiger partial charge < -0.3 is 0 Å². The number of hydrogen-bond acceptors (Lipinski definition) is 0. The Labute approximate surface area is 122 Å². The van der Waals surface area contributed by atoms with E-state index in [9.17, 15) is 0 Å². The standard InChI is InChI=1S/C18H15Br/c19-14-7-10-16-13(11-14)6-9-17-15-4-2-1-3-12(15)5-8-18(16)17/h1-4,6,9,11H,5,7-8,10H2. The highest BCUT2D eigenvalue weighted by Gasteiger charge is 2.21. The summed E-state index contributed by atoms with van der Waals surface area (Å²) in [6, 6.07) is 13.5. The van der Waals surface area contributed by atoms with Crippen molar-refractivity contribution >= 4 is 22.0 Å². The van der Waals surface area contributed by atoms with E-state index < -0.39 is 0 Å². The van der Waals surface area contributed by atoms with E-state index in [1.54, 1.807) is 11.1 Å². The Kier molecular flexibility index (Phi) is 2.63. The lowest BCUT2D eigenvalue weighted by Gasteiger charge is -2.25. The zero-order valence-corrected chi connectivity index (χ0v) is 12.3. The van der Waals surface area contributed by atoms with E-state index in [2.05, 4.69) is 58.4 Å². The van der Waals surface area contributed by atoms with Crippen LogP contribution in [-0.4, -0.2) is 0 Å². The van der Waals surface area contributed by atoms with Crippen molar-refractivity contribution in [3.05, 3.63) is 63.1 Å². The molecule has 0 atom stereocenters. The summed E-state index contributed by atoms with van der Waals surface area (Å²) in [5.41, 5.74) is 8.99. The Morgan fingerprint density at radius 2 is 1.58 bits per heavy atom. The molecule has 94 valence electrons. The summed E-state index contributed by atoms with van der Waals surface area (Å²) in [7, 11) is 0. The van der Waals surface area contributed by atoms with Crippen LogP contribution in [0, 0.1) is 0 Å². The van der Waals surface area contributed by atoms with E-state index in [-0.39, 0.29) is 0 Å². The molecule has 0 saturated carbocycles. The largest absolute Gasteiger partial charge is 0.0620 e. The van der Waals surface area contributed by atoms with E-state index >= 15 is 0 Å². The summed E-state index contributed by atoms with van der Waals surface area (Å²) < 4.78 is 1.33. The van der Waals surface area contributed by atoms with Gasteiger partial charge in [0.2, 0.25) is 0 Å². The molecule has 0 heterocycles. The van der Waals surface area contributed by atoms with Crippen LogP contribution in [0.4, 0.5) is 0 Å². The van der Waals surface area contributed by atoms with Gasteiger partial charge in [-0.25, -0.2) is 0 Å². The topological polar surface area (TPSA) is 0 Å². The molecular formula is C18H15Br. The summed E-state index contributed by atoms with van der Waals surface area (Å²) in [6.45, 7) is 0. The van der Waals surface area contributed by atoms with Gasteiger partial charge in [0.1, 0.15) is 0 Å². The third kappa shape index (κ3) is 1.80. The van der Waals surface area contributed by atoms with Crippen LogP contribution in [0.3, 0.4) is 0 Å². The van der Waals surface area contributed by atoms with Crippen molar-refractivity contribution in [1.82, 2.24) is 0 Å². The zero-order valence-electron chi connectivity index (χ0n) is 10.7. The fraction of sp³-hybridized carbons (Fsp3) is 0.222. The molecule has 0 saturated heterocycles. The Balaban J connectivity index is 1.96. The van der Waals surface area contributed by atoms with E-state index in [0.29, 0.717) is 0 Å². The van der Waals surface area contributed by atoms with Crippen molar-refractivity contribution in [1.29, 1.82) is 0 Å². The van der Waals surface area contributed by atoms with Gasteiger partial charge in [-0.3, -0.25) is 0 Å². The highest BCUT2D eigenvalue weighted by atomic mass is 79.9. The fourth-order valence-electron chi connectivity index (χ4n) is 3.43. The smallest absolute Gasteiger partial charge is 0.00400 e. The second kappa shape index (κ2) is 4.35. The molecule has 4 rings (SSSR count). The first-order valence-electron chi connectivity index (χ1n) is 6.92. The van der Waals surface area contributed by atoms with Crippen LogP contribution in [0.5, 0.6) is 0 Å². The van der Waals surface area contributed by atoms with Crippen molar-refractivity contribution in [2.75, 3.05) is 0 Å². The van der Waals surface area contributed by atoms with Gasteiger partial charge in [0, 0.05) is 0 Å². The minimum atomic E-state index is 1.14. The van der Waals surface area contributed by atoms with Crippen molar-refractivity contribution in [3.63, 3.8) is 0 Å². The maximum absolute atomic E-state index is 3.64. The summed E-state index contributed by atoms with van der Waals surface area (Å²) in [4.78, 5) is 0. The molecule has 0 fully saturated rings. The van der Waals surface area contributed by atoms with Crippen molar-refractivity contribution in [2.45, 2.75) is 25.7 Å². The molecule has 0 amide bonds. The van der Waals surface area contributed by atoms with Gasteiger partial charge in [0.05, 0.1) is 0 Å². The molecule has 2 aliphatic rings. The summed E-state index contributed by atoms with van der Waals surface area (Å²) >= 11 is 3.64. The van der Waals surface area contributed by atoms with Gasteiger partial charge in [-0.15, -0.1) is 0 Å². The zero-order chi connectivity index (χ0) is 12.8. The predicted molar refractivity (Wildman–Crippen MR) is 84.5 cm³/mol. The monoisotopic (exact) mass is 310 g/mol. The summed E-state index contributed by atoms with van der Waals surface area (Å²) in [5.74, 6) is 0. The Bertz CT molecular complexity index is 695. The second-order valence-corrected chi connectivity index (χ2v) is 6.43. The Hall–Kier alpha value is -1.34. The Morgan fingerprint density at radius 1 is 0.737 bits per heavy atom. The number of allylic oxidation sites excluding steroid dienone is 1. The van der Waals surface area contributed by atoms with Crippen LogP contribution in [0.2, 0.25) is 0 Å². The average Bonchev–Trinajstić information content (AvgIpc) is 2.46. The fourth-order valence-corrected chi connectivity index (χ4v) is 3.87. The van der Waals surface area contributed by atoms with E-state index in [1.807, 2.05) is 0 Å². The lowest BCUT2D eigenvalue weighted by molar-refractivity contribution is 0.885. The van der Waals surface area contributed by atoms with Gasteiger partial charge in [0.15, 0.2) is 0 Å². The number of halogens is 1.